The SMILES string of the molecule is c1ccc(-c2ccccc2N(c2cc3c4c(c2)-c2ccccc2C4(c2ccccc2)c2ccccc2O3)c2cccc3oc4ccccc4c23)cc1. The highest BCUT2D eigenvalue weighted by Gasteiger charge is 2.52. The maximum Gasteiger partial charge on any atom is 0.137 e. The van der Waals surface area contributed by atoms with Crippen LogP contribution in [0.15, 0.2) is 192 Å². The number of benzene rings is 8. The minimum atomic E-state index is -0.524. The molecule has 2 aliphatic rings. The van der Waals surface area contributed by atoms with Gasteiger partial charge >= 0.3 is 0 Å². The molecule has 1 atom stereocenters. The molecule has 11 rings (SSSR count). The van der Waals surface area contributed by atoms with E-state index in [1.165, 1.54) is 27.8 Å². The second-order valence-corrected chi connectivity index (χ2v) is 13.6. The fourth-order valence-electron chi connectivity index (χ4n) is 8.88. The second kappa shape index (κ2) is 11.1. The molecule has 3 nitrogen and oxygen atoms in total. The first kappa shape index (κ1) is 28.9. The Morgan fingerprint density at radius 3 is 1.96 bits per heavy atom. The molecule has 244 valence electrons. The summed E-state index contributed by atoms with van der Waals surface area (Å²) in [5, 5.41) is 2.15. The molecule has 0 saturated carbocycles. The van der Waals surface area contributed by atoms with Crippen LogP contribution >= 0.6 is 0 Å². The Bertz CT molecular complexity index is 2840. The first-order chi connectivity index (χ1) is 25.8. The van der Waals surface area contributed by atoms with Crippen molar-refractivity contribution in [2.75, 3.05) is 4.90 Å². The molecule has 1 aliphatic heterocycles. The Hall–Kier alpha value is -6.84. The van der Waals surface area contributed by atoms with Gasteiger partial charge in [0.1, 0.15) is 22.7 Å². The average Bonchev–Trinajstić information content (AvgIpc) is 3.74. The molecule has 8 aromatic carbocycles. The molecule has 9 aromatic rings. The number of hydrogen-bond acceptors (Lipinski definition) is 3. The fourth-order valence-corrected chi connectivity index (χ4v) is 8.88. The Balaban J connectivity index is 1.26. The zero-order chi connectivity index (χ0) is 34.2. The number of para-hydroxylation sites is 3. The van der Waals surface area contributed by atoms with Gasteiger partial charge in [0.15, 0.2) is 0 Å². The minimum Gasteiger partial charge on any atom is -0.457 e. The predicted molar refractivity (Wildman–Crippen MR) is 211 cm³/mol. The quantitative estimate of drug-likeness (QED) is 0.183. The van der Waals surface area contributed by atoms with Crippen LogP contribution in [0.1, 0.15) is 22.3 Å². The summed E-state index contributed by atoms with van der Waals surface area (Å²) in [5.41, 5.74) is 13.8. The molecule has 0 radical (unpaired) electrons. The van der Waals surface area contributed by atoms with Gasteiger partial charge in [-0.05, 0) is 64.2 Å². The minimum absolute atomic E-state index is 0.524. The van der Waals surface area contributed by atoms with Crippen LogP contribution < -0.4 is 9.64 Å². The average molecular weight is 666 g/mol. The van der Waals surface area contributed by atoms with Gasteiger partial charge in [0, 0.05) is 28.1 Å². The van der Waals surface area contributed by atoms with Crippen molar-refractivity contribution in [1.82, 2.24) is 0 Å². The lowest BCUT2D eigenvalue weighted by Gasteiger charge is -2.39. The number of ether oxygens (including phenoxy) is 1. The Morgan fingerprint density at radius 1 is 0.442 bits per heavy atom. The van der Waals surface area contributed by atoms with Crippen molar-refractivity contribution in [2.24, 2.45) is 0 Å². The number of rotatable bonds is 5. The molecule has 0 bridgehead atoms. The molecule has 0 spiro atoms. The highest BCUT2D eigenvalue weighted by Crippen LogP contribution is 2.64. The predicted octanol–water partition coefficient (Wildman–Crippen LogP) is 13.2. The standard InChI is InChI=1S/C49H31NO2/c1-3-16-32(17-4-1)35-20-8-12-25-41(35)50(42-26-15-29-45-47(42)37-22-9-13-27-43(37)51-45)34-30-38-36-21-7-10-23-39(36)49(33-18-5-2-6-19-33)40-24-11-14-28-44(40)52-46(31-34)48(38)49/h1-31H. The lowest BCUT2D eigenvalue weighted by atomic mass is 9.66. The smallest absolute Gasteiger partial charge is 0.137 e. The van der Waals surface area contributed by atoms with Gasteiger partial charge < -0.3 is 14.1 Å². The van der Waals surface area contributed by atoms with Gasteiger partial charge in [-0.2, -0.15) is 0 Å². The van der Waals surface area contributed by atoms with E-state index in [0.29, 0.717) is 0 Å². The summed E-state index contributed by atoms with van der Waals surface area (Å²) >= 11 is 0. The number of nitrogens with zero attached hydrogens (tertiary/aromatic N) is 1. The van der Waals surface area contributed by atoms with Gasteiger partial charge in [-0.3, -0.25) is 0 Å². The number of anilines is 3. The summed E-state index contributed by atoms with van der Waals surface area (Å²) in [6.45, 7) is 0. The van der Waals surface area contributed by atoms with Gasteiger partial charge in [0.05, 0.1) is 27.9 Å². The summed E-state index contributed by atoms with van der Waals surface area (Å²) in [6, 6.07) is 67.0. The first-order valence-electron chi connectivity index (χ1n) is 17.8. The van der Waals surface area contributed by atoms with E-state index in [0.717, 1.165) is 67.2 Å². The molecule has 0 saturated heterocycles. The number of hydrogen-bond donors (Lipinski definition) is 0. The summed E-state index contributed by atoms with van der Waals surface area (Å²) in [4.78, 5) is 2.40. The van der Waals surface area contributed by atoms with Crippen molar-refractivity contribution in [1.29, 1.82) is 0 Å². The molecule has 2 heterocycles. The maximum absolute atomic E-state index is 7.02. The van der Waals surface area contributed by atoms with Gasteiger partial charge in [-0.1, -0.05) is 146 Å². The second-order valence-electron chi connectivity index (χ2n) is 13.6. The summed E-state index contributed by atoms with van der Waals surface area (Å²) < 4.78 is 13.5. The summed E-state index contributed by atoms with van der Waals surface area (Å²) in [7, 11) is 0. The highest BCUT2D eigenvalue weighted by molar-refractivity contribution is 6.14. The van der Waals surface area contributed by atoms with Gasteiger partial charge in [-0.25, -0.2) is 0 Å². The Labute approximate surface area is 301 Å². The van der Waals surface area contributed by atoms with Crippen molar-refractivity contribution in [2.45, 2.75) is 5.41 Å². The molecule has 1 aromatic heterocycles. The van der Waals surface area contributed by atoms with E-state index in [-0.39, 0.29) is 0 Å². The number of furan rings is 1. The summed E-state index contributed by atoms with van der Waals surface area (Å²) in [6.07, 6.45) is 0. The third kappa shape index (κ3) is 3.96. The van der Waals surface area contributed by atoms with E-state index in [1.54, 1.807) is 0 Å². The third-order valence-electron chi connectivity index (χ3n) is 10.9. The van der Waals surface area contributed by atoms with Crippen LogP contribution in [0.25, 0.3) is 44.2 Å². The van der Waals surface area contributed by atoms with E-state index in [4.69, 9.17) is 9.15 Å². The van der Waals surface area contributed by atoms with Crippen molar-refractivity contribution < 1.29 is 9.15 Å². The van der Waals surface area contributed by atoms with Crippen molar-refractivity contribution in [3.63, 3.8) is 0 Å². The van der Waals surface area contributed by atoms with Crippen LogP contribution in [0.3, 0.4) is 0 Å². The fraction of sp³-hybridized carbons (Fsp3) is 0.0204. The zero-order valence-electron chi connectivity index (χ0n) is 28.2. The monoisotopic (exact) mass is 665 g/mol. The molecular formula is C49H31NO2. The van der Waals surface area contributed by atoms with E-state index >= 15 is 0 Å². The Kier molecular flexibility index (Phi) is 6.17. The topological polar surface area (TPSA) is 25.6 Å². The van der Waals surface area contributed by atoms with Gasteiger partial charge in [0.25, 0.3) is 0 Å². The molecule has 52 heavy (non-hydrogen) atoms. The molecular weight excluding hydrogens is 635 g/mol. The third-order valence-corrected chi connectivity index (χ3v) is 10.9. The van der Waals surface area contributed by atoms with E-state index in [9.17, 15) is 0 Å². The van der Waals surface area contributed by atoms with E-state index in [1.807, 2.05) is 12.1 Å². The normalized spacial score (nSPS) is 15.2. The molecule has 0 N–H and O–H groups in total. The largest absolute Gasteiger partial charge is 0.457 e. The van der Waals surface area contributed by atoms with Crippen molar-refractivity contribution in [3.8, 4) is 33.8 Å². The number of fused-ring (bicyclic) bond motifs is 8. The lowest BCUT2D eigenvalue weighted by molar-refractivity contribution is 0.438. The summed E-state index contributed by atoms with van der Waals surface area (Å²) in [5.74, 6) is 1.73. The van der Waals surface area contributed by atoms with Crippen molar-refractivity contribution >= 4 is 39.0 Å². The maximum atomic E-state index is 7.02. The van der Waals surface area contributed by atoms with Crippen LogP contribution in [-0.2, 0) is 5.41 Å². The molecule has 0 fully saturated rings. The lowest BCUT2D eigenvalue weighted by Crippen LogP contribution is -2.32. The van der Waals surface area contributed by atoms with Crippen LogP contribution in [0.4, 0.5) is 17.1 Å². The molecule has 1 unspecified atom stereocenters. The van der Waals surface area contributed by atoms with Crippen LogP contribution in [0.5, 0.6) is 11.5 Å². The highest BCUT2D eigenvalue weighted by atomic mass is 16.5. The Morgan fingerprint density at radius 2 is 1.10 bits per heavy atom. The first-order valence-corrected chi connectivity index (χ1v) is 17.8. The molecule has 1 aliphatic carbocycles. The van der Waals surface area contributed by atoms with E-state index < -0.39 is 5.41 Å². The van der Waals surface area contributed by atoms with Gasteiger partial charge in [-0.15, -0.1) is 0 Å². The molecule has 0 amide bonds. The van der Waals surface area contributed by atoms with Crippen LogP contribution in [0, 0.1) is 0 Å². The van der Waals surface area contributed by atoms with Crippen LogP contribution in [-0.4, -0.2) is 0 Å². The zero-order valence-corrected chi connectivity index (χ0v) is 28.2. The van der Waals surface area contributed by atoms with Crippen molar-refractivity contribution in [3.05, 3.63) is 210 Å². The van der Waals surface area contributed by atoms with E-state index in [2.05, 4.69) is 181 Å². The van der Waals surface area contributed by atoms with Crippen LogP contribution in [0.2, 0.25) is 0 Å². The van der Waals surface area contributed by atoms with Gasteiger partial charge in [0.2, 0.25) is 0 Å². The molecule has 3 heteroatoms.